The molecule has 1 amide bonds. The van der Waals surface area contributed by atoms with Crippen molar-refractivity contribution in [2.75, 3.05) is 26.8 Å². The number of methoxy groups -OCH3 is 1. The second-order valence-electron chi connectivity index (χ2n) is 8.28. The average Bonchev–Trinajstić information content (AvgIpc) is 3.38. The van der Waals surface area contributed by atoms with Crippen LogP contribution in [0.5, 0.6) is 11.5 Å². The number of amides is 1. The molecular weight excluding hydrogens is 414 g/mol. The third kappa shape index (κ3) is 4.95. The highest BCUT2D eigenvalue weighted by Crippen LogP contribution is 2.31. The summed E-state index contributed by atoms with van der Waals surface area (Å²) >= 11 is 0. The number of hydrogen-bond donors (Lipinski definition) is 0. The minimum Gasteiger partial charge on any atom is -0.493 e. The van der Waals surface area contributed by atoms with Crippen LogP contribution in [0.1, 0.15) is 30.1 Å². The molecule has 1 aromatic heterocycles. The molecule has 0 spiro atoms. The minimum atomic E-state index is 0.0864. The van der Waals surface area contributed by atoms with E-state index in [0.717, 1.165) is 53.3 Å². The van der Waals surface area contributed by atoms with Gasteiger partial charge in [-0.3, -0.25) is 4.79 Å². The molecule has 0 radical (unpaired) electrons. The fourth-order valence-corrected chi connectivity index (χ4v) is 4.45. The fourth-order valence-electron chi connectivity index (χ4n) is 4.45. The predicted octanol–water partition coefficient (Wildman–Crippen LogP) is 4.74. The highest BCUT2D eigenvalue weighted by atomic mass is 16.5. The largest absolute Gasteiger partial charge is 0.493 e. The summed E-state index contributed by atoms with van der Waals surface area (Å²) in [6.07, 6.45) is 5.74. The van der Waals surface area contributed by atoms with Crippen molar-refractivity contribution in [3.8, 4) is 11.5 Å². The number of fused-ring (bicyclic) bond motifs is 1. The number of rotatable bonds is 11. The van der Waals surface area contributed by atoms with Gasteiger partial charge in [0, 0.05) is 32.0 Å². The highest BCUT2D eigenvalue weighted by Gasteiger charge is 2.33. The maximum Gasteiger partial charge on any atom is 0.223 e. The first-order chi connectivity index (χ1) is 16.1. The molecule has 33 heavy (non-hydrogen) atoms. The van der Waals surface area contributed by atoms with Crippen molar-refractivity contribution in [1.29, 1.82) is 0 Å². The van der Waals surface area contributed by atoms with Crippen LogP contribution in [0.3, 0.4) is 0 Å². The molecule has 0 saturated carbocycles. The van der Waals surface area contributed by atoms with E-state index in [1.165, 1.54) is 0 Å². The number of carbonyl (C=O) groups excluding carboxylic acids is 1. The predicted molar refractivity (Wildman–Crippen MR) is 131 cm³/mol. The molecule has 1 unspecified atom stereocenters. The van der Waals surface area contributed by atoms with Gasteiger partial charge in [-0.25, -0.2) is 4.98 Å². The van der Waals surface area contributed by atoms with Crippen LogP contribution in [-0.2, 0) is 17.8 Å². The van der Waals surface area contributed by atoms with Gasteiger partial charge in [-0.1, -0.05) is 30.4 Å². The van der Waals surface area contributed by atoms with E-state index in [1.807, 2.05) is 47.4 Å². The summed E-state index contributed by atoms with van der Waals surface area (Å²) in [4.78, 5) is 19.2. The summed E-state index contributed by atoms with van der Waals surface area (Å²) in [7, 11) is 1.66. The smallest absolute Gasteiger partial charge is 0.223 e. The van der Waals surface area contributed by atoms with Gasteiger partial charge in [-0.15, -0.1) is 13.2 Å². The lowest BCUT2D eigenvalue weighted by atomic mass is 10.1. The molecule has 6 heteroatoms. The van der Waals surface area contributed by atoms with E-state index >= 15 is 0 Å². The first-order valence-electron chi connectivity index (χ1n) is 11.4. The van der Waals surface area contributed by atoms with E-state index in [-0.39, 0.29) is 11.8 Å². The standard InChI is InChI=1S/C27H31N3O3/c1-4-9-20-12-13-24(25(17-20)32-3)33-16-8-15-30-23-11-7-6-10-22(23)28-27(30)21-18-26(31)29(19-21)14-5-2/h4-7,10-13,17,21H,1-2,8-9,14-16,18-19H2,3H3. The molecule has 1 aliphatic heterocycles. The van der Waals surface area contributed by atoms with Crippen molar-refractivity contribution >= 4 is 16.9 Å². The zero-order chi connectivity index (χ0) is 23.2. The lowest BCUT2D eigenvalue weighted by Gasteiger charge is -2.16. The molecule has 1 fully saturated rings. The monoisotopic (exact) mass is 445 g/mol. The third-order valence-electron chi connectivity index (χ3n) is 6.00. The van der Waals surface area contributed by atoms with Crippen LogP contribution in [0.4, 0.5) is 0 Å². The van der Waals surface area contributed by atoms with Crippen molar-refractivity contribution in [2.45, 2.75) is 31.7 Å². The molecular formula is C27H31N3O3. The molecule has 1 aliphatic rings. The number of carbonyl (C=O) groups is 1. The minimum absolute atomic E-state index is 0.0864. The van der Waals surface area contributed by atoms with E-state index in [4.69, 9.17) is 14.5 Å². The Morgan fingerprint density at radius 2 is 2.00 bits per heavy atom. The molecule has 4 rings (SSSR count). The Morgan fingerprint density at radius 3 is 2.79 bits per heavy atom. The first-order valence-corrected chi connectivity index (χ1v) is 11.4. The maximum absolute atomic E-state index is 12.4. The SMILES string of the molecule is C=CCc1ccc(OCCCn2c(C3CC(=O)N(CC=C)C3)nc3ccccc32)c(OC)c1. The Morgan fingerprint density at radius 1 is 1.15 bits per heavy atom. The van der Waals surface area contributed by atoms with Gasteiger partial charge in [0.2, 0.25) is 5.91 Å². The zero-order valence-corrected chi connectivity index (χ0v) is 19.2. The molecule has 6 nitrogen and oxygen atoms in total. The van der Waals surface area contributed by atoms with Gasteiger partial charge < -0.3 is 18.9 Å². The third-order valence-corrected chi connectivity index (χ3v) is 6.00. The van der Waals surface area contributed by atoms with Crippen LogP contribution in [0, 0.1) is 0 Å². The topological polar surface area (TPSA) is 56.6 Å². The van der Waals surface area contributed by atoms with Gasteiger partial charge >= 0.3 is 0 Å². The van der Waals surface area contributed by atoms with Gasteiger partial charge in [0.1, 0.15) is 5.82 Å². The number of aromatic nitrogens is 2. The van der Waals surface area contributed by atoms with E-state index in [0.29, 0.717) is 26.1 Å². The van der Waals surface area contributed by atoms with Crippen molar-refractivity contribution in [3.63, 3.8) is 0 Å². The van der Waals surface area contributed by atoms with Crippen molar-refractivity contribution in [3.05, 3.63) is 79.2 Å². The molecule has 1 saturated heterocycles. The van der Waals surface area contributed by atoms with Crippen LogP contribution >= 0.6 is 0 Å². The highest BCUT2D eigenvalue weighted by molar-refractivity contribution is 5.81. The molecule has 2 aromatic carbocycles. The Kier molecular flexibility index (Phi) is 7.13. The number of imidazole rings is 1. The molecule has 172 valence electrons. The number of hydrogen-bond acceptors (Lipinski definition) is 4. The summed E-state index contributed by atoms with van der Waals surface area (Å²) in [6, 6.07) is 14.1. The molecule has 0 N–H and O–H groups in total. The Bertz CT molecular complexity index is 1150. The van der Waals surface area contributed by atoms with Crippen LogP contribution < -0.4 is 9.47 Å². The van der Waals surface area contributed by atoms with Crippen molar-refractivity contribution in [1.82, 2.24) is 14.5 Å². The van der Waals surface area contributed by atoms with E-state index < -0.39 is 0 Å². The van der Waals surface area contributed by atoms with Gasteiger partial charge in [0.15, 0.2) is 11.5 Å². The lowest BCUT2D eigenvalue weighted by Crippen LogP contribution is -2.25. The molecule has 1 atom stereocenters. The Balaban J connectivity index is 1.47. The number of benzene rings is 2. The summed E-state index contributed by atoms with van der Waals surface area (Å²) in [5.41, 5.74) is 3.19. The molecule has 2 heterocycles. The number of ether oxygens (including phenoxy) is 2. The number of allylic oxidation sites excluding steroid dienone is 1. The fraction of sp³-hybridized carbons (Fsp3) is 0.333. The summed E-state index contributed by atoms with van der Waals surface area (Å²) in [6.45, 7) is 10.1. The van der Waals surface area contributed by atoms with Gasteiger partial charge in [-0.2, -0.15) is 0 Å². The normalized spacial score (nSPS) is 15.7. The maximum atomic E-state index is 12.4. The number of nitrogens with zero attached hydrogens (tertiary/aromatic N) is 3. The van der Waals surface area contributed by atoms with Crippen molar-refractivity contribution in [2.24, 2.45) is 0 Å². The van der Waals surface area contributed by atoms with E-state index in [9.17, 15) is 4.79 Å². The lowest BCUT2D eigenvalue weighted by molar-refractivity contribution is -0.127. The van der Waals surface area contributed by atoms with Crippen LogP contribution in [0.15, 0.2) is 67.8 Å². The summed E-state index contributed by atoms with van der Waals surface area (Å²) < 4.78 is 13.8. The van der Waals surface area contributed by atoms with Crippen molar-refractivity contribution < 1.29 is 14.3 Å². The summed E-state index contributed by atoms with van der Waals surface area (Å²) in [5, 5.41) is 0. The van der Waals surface area contributed by atoms with Crippen LogP contribution in [-0.4, -0.2) is 47.2 Å². The zero-order valence-electron chi connectivity index (χ0n) is 19.2. The number of para-hydroxylation sites is 2. The molecule has 0 aliphatic carbocycles. The average molecular weight is 446 g/mol. The summed E-state index contributed by atoms with van der Waals surface area (Å²) in [5.74, 6) is 2.69. The first kappa shape index (κ1) is 22.6. The number of aryl methyl sites for hydroxylation is 1. The van der Waals surface area contributed by atoms with Gasteiger partial charge in [0.05, 0.1) is 24.8 Å². The van der Waals surface area contributed by atoms with Crippen LogP contribution in [0.25, 0.3) is 11.0 Å². The van der Waals surface area contributed by atoms with Gasteiger partial charge in [-0.05, 0) is 42.7 Å². The van der Waals surface area contributed by atoms with E-state index in [2.05, 4.69) is 23.8 Å². The van der Waals surface area contributed by atoms with E-state index in [1.54, 1.807) is 13.2 Å². The second-order valence-corrected chi connectivity index (χ2v) is 8.28. The number of likely N-dealkylation sites (tertiary alicyclic amines) is 1. The quantitative estimate of drug-likeness (QED) is 0.316. The second kappa shape index (κ2) is 10.4. The van der Waals surface area contributed by atoms with Gasteiger partial charge in [0.25, 0.3) is 0 Å². The van der Waals surface area contributed by atoms with Crippen LogP contribution in [0.2, 0.25) is 0 Å². The molecule has 0 bridgehead atoms. The Labute approximate surface area is 195 Å². The molecule has 3 aromatic rings. The Hall–Kier alpha value is -3.54.